The number of ether oxygens (including phenoxy) is 2. The van der Waals surface area contributed by atoms with Gasteiger partial charge in [-0.15, -0.1) is 0 Å². The van der Waals surface area contributed by atoms with Crippen LogP contribution in [0.2, 0.25) is 0 Å². The average Bonchev–Trinajstić information content (AvgIpc) is 3.45. The van der Waals surface area contributed by atoms with E-state index in [4.69, 9.17) is 14.5 Å². The molecule has 1 saturated carbocycles. The highest BCUT2D eigenvalue weighted by atomic mass is 16.5. The van der Waals surface area contributed by atoms with Gasteiger partial charge in [0.1, 0.15) is 5.65 Å². The normalized spacial score (nSPS) is 14.1. The fourth-order valence-electron chi connectivity index (χ4n) is 5.01. The maximum Gasteiger partial charge on any atom is 0.266 e. The van der Waals surface area contributed by atoms with Crippen LogP contribution in [0.1, 0.15) is 36.9 Å². The van der Waals surface area contributed by atoms with Gasteiger partial charge in [0.05, 0.1) is 30.0 Å². The molecule has 37 heavy (non-hydrogen) atoms. The summed E-state index contributed by atoms with van der Waals surface area (Å²) in [5.41, 5.74) is 4.04. The molecule has 0 radical (unpaired) electrons. The van der Waals surface area contributed by atoms with Crippen LogP contribution in [0.25, 0.3) is 39.8 Å². The first kappa shape index (κ1) is 23.0. The number of fused-ring (bicyclic) bond motifs is 2. The van der Waals surface area contributed by atoms with Crippen molar-refractivity contribution in [3.63, 3.8) is 0 Å². The van der Waals surface area contributed by atoms with Crippen LogP contribution in [0.15, 0.2) is 83.9 Å². The van der Waals surface area contributed by atoms with Gasteiger partial charge in [-0.3, -0.25) is 14.2 Å². The predicted molar refractivity (Wildman–Crippen MR) is 147 cm³/mol. The van der Waals surface area contributed by atoms with Crippen molar-refractivity contribution in [2.24, 2.45) is 0 Å². The van der Waals surface area contributed by atoms with Gasteiger partial charge in [-0.25, -0.2) is 4.98 Å². The number of aromatic nitrogens is 3. The Morgan fingerprint density at radius 1 is 0.973 bits per heavy atom. The number of para-hydroxylation sites is 1. The third-order valence-electron chi connectivity index (χ3n) is 6.89. The number of rotatable bonds is 6. The van der Waals surface area contributed by atoms with E-state index in [1.54, 1.807) is 23.9 Å². The Kier molecular flexibility index (Phi) is 6.15. The third kappa shape index (κ3) is 4.47. The third-order valence-corrected chi connectivity index (χ3v) is 6.89. The van der Waals surface area contributed by atoms with Crippen molar-refractivity contribution in [3.05, 3.63) is 101 Å². The summed E-state index contributed by atoms with van der Waals surface area (Å²) in [6.45, 7) is 0. The Bertz CT molecular complexity index is 1680. The standard InChI is InChI=1S/C31H27N3O3/c1-36-27-12-6-8-22(30(27)37-24-10-2-3-11-24)16-17-25-29(31(35)34-19-5-4-13-28(34)33-25)23-15-14-21-9-7-18-32-26(21)20-23/h4-9,12-20,24H,2-3,10-11H2,1H3/b17-16+. The highest BCUT2D eigenvalue weighted by Gasteiger charge is 2.20. The van der Waals surface area contributed by atoms with Gasteiger partial charge in [0, 0.05) is 23.3 Å². The molecule has 3 heterocycles. The zero-order chi connectivity index (χ0) is 25.2. The molecular weight excluding hydrogens is 462 g/mol. The number of methoxy groups -OCH3 is 1. The van der Waals surface area contributed by atoms with Gasteiger partial charge in [0.2, 0.25) is 0 Å². The van der Waals surface area contributed by atoms with Crippen molar-refractivity contribution >= 4 is 28.7 Å². The van der Waals surface area contributed by atoms with Crippen molar-refractivity contribution in [2.75, 3.05) is 7.11 Å². The predicted octanol–water partition coefficient (Wildman–Crippen LogP) is 6.41. The molecule has 0 saturated heterocycles. The number of pyridine rings is 2. The lowest BCUT2D eigenvalue weighted by Crippen LogP contribution is -2.18. The summed E-state index contributed by atoms with van der Waals surface area (Å²) in [6.07, 6.45) is 12.0. The SMILES string of the molecule is COc1cccc(/C=C/c2nc3ccccn3c(=O)c2-c2ccc3cccnc3c2)c1OC1CCCC1. The van der Waals surface area contributed by atoms with Crippen LogP contribution in [0.3, 0.4) is 0 Å². The van der Waals surface area contributed by atoms with E-state index in [9.17, 15) is 4.79 Å². The summed E-state index contributed by atoms with van der Waals surface area (Å²) in [5.74, 6) is 1.42. The summed E-state index contributed by atoms with van der Waals surface area (Å²) >= 11 is 0. The van der Waals surface area contributed by atoms with Crippen LogP contribution in [0.4, 0.5) is 0 Å². The second-order valence-corrected chi connectivity index (χ2v) is 9.25. The zero-order valence-electron chi connectivity index (χ0n) is 20.6. The van der Waals surface area contributed by atoms with E-state index in [1.165, 1.54) is 12.8 Å². The molecule has 6 heteroatoms. The van der Waals surface area contributed by atoms with Crippen molar-refractivity contribution in [1.29, 1.82) is 0 Å². The number of benzene rings is 2. The molecule has 0 bridgehead atoms. The topological polar surface area (TPSA) is 65.7 Å². The molecule has 0 N–H and O–H groups in total. The lowest BCUT2D eigenvalue weighted by Gasteiger charge is -2.18. The van der Waals surface area contributed by atoms with E-state index < -0.39 is 0 Å². The second kappa shape index (κ2) is 9.90. The van der Waals surface area contributed by atoms with Crippen LogP contribution in [-0.4, -0.2) is 27.6 Å². The zero-order valence-corrected chi connectivity index (χ0v) is 20.6. The Balaban J connectivity index is 1.50. The molecule has 3 aromatic heterocycles. The molecule has 6 nitrogen and oxygen atoms in total. The second-order valence-electron chi connectivity index (χ2n) is 9.25. The molecule has 0 amide bonds. The van der Waals surface area contributed by atoms with E-state index in [-0.39, 0.29) is 11.7 Å². The van der Waals surface area contributed by atoms with Gasteiger partial charge in [0.25, 0.3) is 5.56 Å². The smallest absolute Gasteiger partial charge is 0.266 e. The fourth-order valence-corrected chi connectivity index (χ4v) is 5.01. The van der Waals surface area contributed by atoms with Gasteiger partial charge in [0.15, 0.2) is 11.5 Å². The Labute approximate surface area is 214 Å². The minimum absolute atomic E-state index is 0.131. The van der Waals surface area contributed by atoms with E-state index in [1.807, 2.05) is 78.9 Å². The van der Waals surface area contributed by atoms with Gasteiger partial charge in [-0.05, 0) is 73.7 Å². The molecule has 6 rings (SSSR count). The maximum atomic E-state index is 13.7. The lowest BCUT2D eigenvalue weighted by atomic mass is 10.0. The van der Waals surface area contributed by atoms with Crippen molar-refractivity contribution < 1.29 is 9.47 Å². The van der Waals surface area contributed by atoms with Gasteiger partial charge in [-0.2, -0.15) is 0 Å². The molecule has 2 aromatic carbocycles. The molecule has 1 aliphatic rings. The molecule has 184 valence electrons. The van der Waals surface area contributed by atoms with Crippen LogP contribution < -0.4 is 15.0 Å². The Morgan fingerprint density at radius 2 is 1.86 bits per heavy atom. The van der Waals surface area contributed by atoms with Gasteiger partial charge in [-0.1, -0.05) is 36.4 Å². The van der Waals surface area contributed by atoms with Crippen LogP contribution in [0, 0.1) is 0 Å². The lowest BCUT2D eigenvalue weighted by molar-refractivity contribution is 0.200. The summed E-state index contributed by atoms with van der Waals surface area (Å²) in [4.78, 5) is 23.1. The highest BCUT2D eigenvalue weighted by Crippen LogP contribution is 2.36. The first-order valence-electron chi connectivity index (χ1n) is 12.6. The molecule has 0 atom stereocenters. The minimum atomic E-state index is -0.131. The summed E-state index contributed by atoms with van der Waals surface area (Å²) in [5, 5.41) is 1.02. The first-order chi connectivity index (χ1) is 18.2. The average molecular weight is 490 g/mol. The van der Waals surface area contributed by atoms with E-state index in [0.717, 1.165) is 40.6 Å². The van der Waals surface area contributed by atoms with E-state index in [2.05, 4.69) is 4.98 Å². The van der Waals surface area contributed by atoms with Crippen LogP contribution >= 0.6 is 0 Å². The molecule has 5 aromatic rings. The van der Waals surface area contributed by atoms with Gasteiger partial charge < -0.3 is 9.47 Å². The molecule has 0 aliphatic heterocycles. The molecule has 1 fully saturated rings. The number of hydrogen-bond donors (Lipinski definition) is 0. The molecule has 0 unspecified atom stereocenters. The fraction of sp³-hybridized carbons (Fsp3) is 0.194. The van der Waals surface area contributed by atoms with Crippen molar-refractivity contribution in [2.45, 2.75) is 31.8 Å². The van der Waals surface area contributed by atoms with Gasteiger partial charge >= 0.3 is 0 Å². The Morgan fingerprint density at radius 3 is 2.73 bits per heavy atom. The summed E-state index contributed by atoms with van der Waals surface area (Å²) in [7, 11) is 1.65. The highest BCUT2D eigenvalue weighted by molar-refractivity contribution is 5.87. The number of hydrogen-bond acceptors (Lipinski definition) is 5. The summed E-state index contributed by atoms with van der Waals surface area (Å²) < 4.78 is 13.6. The van der Waals surface area contributed by atoms with E-state index >= 15 is 0 Å². The largest absolute Gasteiger partial charge is 0.493 e. The molecule has 1 aliphatic carbocycles. The van der Waals surface area contributed by atoms with E-state index in [0.29, 0.717) is 22.7 Å². The first-order valence-corrected chi connectivity index (χ1v) is 12.6. The number of nitrogens with zero attached hydrogens (tertiary/aromatic N) is 3. The molecular formula is C31H27N3O3. The van der Waals surface area contributed by atoms with Crippen molar-refractivity contribution in [3.8, 4) is 22.6 Å². The summed E-state index contributed by atoms with van der Waals surface area (Å²) in [6, 6.07) is 21.2. The van der Waals surface area contributed by atoms with Crippen LogP contribution in [-0.2, 0) is 0 Å². The maximum absolute atomic E-state index is 13.7. The Hall–Kier alpha value is -4.45. The minimum Gasteiger partial charge on any atom is -0.493 e. The quantitative estimate of drug-likeness (QED) is 0.276. The van der Waals surface area contributed by atoms with Crippen LogP contribution in [0.5, 0.6) is 11.5 Å². The molecule has 0 spiro atoms. The monoisotopic (exact) mass is 489 g/mol. The van der Waals surface area contributed by atoms with Crippen molar-refractivity contribution in [1.82, 2.24) is 14.4 Å².